The highest BCUT2D eigenvalue weighted by Crippen LogP contribution is 2.23. The second kappa shape index (κ2) is 8.38. The zero-order valence-electron chi connectivity index (χ0n) is 14.4. The fourth-order valence-corrected chi connectivity index (χ4v) is 2.74. The SMILES string of the molecule is CCCCCCc1ccc(-c2nc(-c3ccc(C=O)cc3)no2)cc1. The molecule has 3 aromatic rings. The van der Waals surface area contributed by atoms with Gasteiger partial charge in [-0.1, -0.05) is 67.7 Å². The van der Waals surface area contributed by atoms with Gasteiger partial charge in [0.05, 0.1) is 0 Å². The lowest BCUT2D eigenvalue weighted by molar-refractivity contribution is 0.112. The van der Waals surface area contributed by atoms with Crippen molar-refractivity contribution < 1.29 is 9.32 Å². The molecule has 0 fully saturated rings. The van der Waals surface area contributed by atoms with E-state index in [0.717, 1.165) is 23.8 Å². The van der Waals surface area contributed by atoms with Gasteiger partial charge in [0.25, 0.3) is 5.89 Å². The van der Waals surface area contributed by atoms with Crippen LogP contribution in [-0.2, 0) is 6.42 Å². The topological polar surface area (TPSA) is 56.0 Å². The maximum absolute atomic E-state index is 10.7. The molecule has 0 N–H and O–H groups in total. The van der Waals surface area contributed by atoms with E-state index in [0.29, 0.717) is 17.3 Å². The minimum absolute atomic E-state index is 0.506. The summed E-state index contributed by atoms with van der Waals surface area (Å²) in [6.07, 6.45) is 7.00. The number of aryl methyl sites for hydroxylation is 1. The Hall–Kier alpha value is -2.75. The molecule has 1 heterocycles. The summed E-state index contributed by atoms with van der Waals surface area (Å²) in [5.41, 5.74) is 3.71. The van der Waals surface area contributed by atoms with Crippen molar-refractivity contribution in [2.24, 2.45) is 0 Å². The van der Waals surface area contributed by atoms with E-state index in [1.165, 1.54) is 31.2 Å². The Bertz CT molecular complexity index is 805. The standard InChI is InChI=1S/C21H22N2O2/c1-2-3-4-5-6-16-7-13-19(14-8-16)21-22-20(23-25-21)18-11-9-17(15-24)10-12-18/h7-15H,2-6H2,1H3. The number of nitrogens with zero attached hydrogens (tertiary/aromatic N) is 2. The summed E-state index contributed by atoms with van der Waals surface area (Å²) in [6, 6.07) is 15.4. The van der Waals surface area contributed by atoms with Crippen LogP contribution < -0.4 is 0 Å². The molecule has 0 saturated heterocycles. The van der Waals surface area contributed by atoms with Crippen molar-refractivity contribution in [3.8, 4) is 22.8 Å². The molecular formula is C21H22N2O2. The number of unbranched alkanes of at least 4 members (excludes halogenated alkanes) is 3. The minimum atomic E-state index is 0.506. The van der Waals surface area contributed by atoms with Crippen LogP contribution in [0.25, 0.3) is 22.8 Å². The first-order chi connectivity index (χ1) is 12.3. The van der Waals surface area contributed by atoms with Crippen molar-refractivity contribution in [3.63, 3.8) is 0 Å². The molecule has 1 aromatic heterocycles. The molecule has 0 unspecified atom stereocenters. The molecule has 0 bridgehead atoms. The summed E-state index contributed by atoms with van der Waals surface area (Å²) in [5, 5.41) is 4.04. The number of benzene rings is 2. The quantitative estimate of drug-likeness (QED) is 0.412. The number of carbonyl (C=O) groups is 1. The third-order valence-corrected chi connectivity index (χ3v) is 4.25. The number of carbonyl (C=O) groups excluding carboxylic acids is 1. The molecule has 0 aliphatic rings. The molecule has 0 aliphatic heterocycles. The van der Waals surface area contributed by atoms with Gasteiger partial charge in [-0.05, 0) is 30.5 Å². The maximum Gasteiger partial charge on any atom is 0.258 e. The Morgan fingerprint density at radius 3 is 2.32 bits per heavy atom. The monoisotopic (exact) mass is 334 g/mol. The summed E-state index contributed by atoms with van der Waals surface area (Å²) in [7, 11) is 0. The highest BCUT2D eigenvalue weighted by atomic mass is 16.5. The van der Waals surface area contributed by atoms with Gasteiger partial charge >= 0.3 is 0 Å². The first kappa shape index (κ1) is 17.1. The molecule has 0 amide bonds. The van der Waals surface area contributed by atoms with Crippen LogP contribution in [0.4, 0.5) is 0 Å². The molecule has 0 saturated carbocycles. The molecular weight excluding hydrogens is 312 g/mol. The first-order valence-corrected chi connectivity index (χ1v) is 8.79. The molecule has 0 spiro atoms. The van der Waals surface area contributed by atoms with Gasteiger partial charge in [-0.15, -0.1) is 0 Å². The fraction of sp³-hybridized carbons (Fsp3) is 0.286. The Kier molecular flexibility index (Phi) is 5.73. The molecule has 0 aliphatic carbocycles. The maximum atomic E-state index is 10.7. The second-order valence-corrected chi connectivity index (χ2v) is 6.17. The molecule has 3 rings (SSSR count). The molecule has 2 aromatic carbocycles. The van der Waals surface area contributed by atoms with E-state index >= 15 is 0 Å². The van der Waals surface area contributed by atoms with Crippen molar-refractivity contribution in [1.29, 1.82) is 0 Å². The van der Waals surface area contributed by atoms with E-state index in [1.807, 2.05) is 24.3 Å². The molecule has 25 heavy (non-hydrogen) atoms. The van der Waals surface area contributed by atoms with Gasteiger partial charge in [0, 0.05) is 16.7 Å². The molecule has 4 nitrogen and oxygen atoms in total. The average molecular weight is 334 g/mol. The minimum Gasteiger partial charge on any atom is -0.334 e. The van der Waals surface area contributed by atoms with Crippen molar-refractivity contribution in [2.45, 2.75) is 39.0 Å². The predicted molar refractivity (Wildman–Crippen MR) is 98.4 cm³/mol. The van der Waals surface area contributed by atoms with Crippen LogP contribution >= 0.6 is 0 Å². The fourth-order valence-electron chi connectivity index (χ4n) is 2.74. The predicted octanol–water partition coefficient (Wildman–Crippen LogP) is 5.34. The van der Waals surface area contributed by atoms with Crippen LogP contribution in [0.15, 0.2) is 53.1 Å². The highest BCUT2D eigenvalue weighted by Gasteiger charge is 2.10. The van der Waals surface area contributed by atoms with Crippen molar-refractivity contribution in [1.82, 2.24) is 10.1 Å². The third-order valence-electron chi connectivity index (χ3n) is 4.25. The van der Waals surface area contributed by atoms with Gasteiger partial charge in [-0.2, -0.15) is 4.98 Å². The Labute approximate surface area is 147 Å². The summed E-state index contributed by atoms with van der Waals surface area (Å²) in [5.74, 6) is 1.03. The van der Waals surface area contributed by atoms with Crippen molar-refractivity contribution in [2.75, 3.05) is 0 Å². The normalized spacial score (nSPS) is 10.8. The summed E-state index contributed by atoms with van der Waals surface area (Å²) in [6.45, 7) is 2.23. The zero-order chi connectivity index (χ0) is 17.5. The van der Waals surface area contributed by atoms with Gasteiger partial charge in [-0.25, -0.2) is 0 Å². The van der Waals surface area contributed by atoms with E-state index < -0.39 is 0 Å². The number of aldehydes is 1. The zero-order valence-corrected chi connectivity index (χ0v) is 14.4. The van der Waals surface area contributed by atoms with E-state index in [2.05, 4.69) is 29.2 Å². The molecule has 0 atom stereocenters. The van der Waals surface area contributed by atoms with Gasteiger partial charge in [0.1, 0.15) is 6.29 Å². The van der Waals surface area contributed by atoms with Crippen LogP contribution in [0.1, 0.15) is 48.5 Å². The summed E-state index contributed by atoms with van der Waals surface area (Å²) in [4.78, 5) is 15.2. The van der Waals surface area contributed by atoms with Crippen LogP contribution in [-0.4, -0.2) is 16.4 Å². The van der Waals surface area contributed by atoms with E-state index in [1.54, 1.807) is 12.1 Å². The number of hydrogen-bond donors (Lipinski definition) is 0. The van der Waals surface area contributed by atoms with Crippen LogP contribution in [0, 0.1) is 0 Å². The van der Waals surface area contributed by atoms with E-state index in [4.69, 9.17) is 4.52 Å². The molecule has 4 heteroatoms. The lowest BCUT2D eigenvalue weighted by atomic mass is 10.0. The van der Waals surface area contributed by atoms with E-state index in [-0.39, 0.29) is 0 Å². The number of rotatable bonds is 8. The lowest BCUT2D eigenvalue weighted by Gasteiger charge is -2.02. The Morgan fingerprint density at radius 2 is 1.64 bits per heavy atom. The summed E-state index contributed by atoms with van der Waals surface area (Å²) < 4.78 is 5.38. The van der Waals surface area contributed by atoms with E-state index in [9.17, 15) is 4.79 Å². The van der Waals surface area contributed by atoms with Crippen molar-refractivity contribution >= 4 is 6.29 Å². The first-order valence-electron chi connectivity index (χ1n) is 8.79. The molecule has 0 radical (unpaired) electrons. The third kappa shape index (κ3) is 4.41. The van der Waals surface area contributed by atoms with Gasteiger partial charge in [-0.3, -0.25) is 4.79 Å². The van der Waals surface area contributed by atoms with Crippen molar-refractivity contribution in [3.05, 3.63) is 59.7 Å². The highest BCUT2D eigenvalue weighted by molar-refractivity contribution is 5.76. The largest absolute Gasteiger partial charge is 0.334 e. The van der Waals surface area contributed by atoms with Crippen LogP contribution in [0.3, 0.4) is 0 Å². The Morgan fingerprint density at radius 1 is 0.920 bits per heavy atom. The van der Waals surface area contributed by atoms with Crippen LogP contribution in [0.2, 0.25) is 0 Å². The smallest absolute Gasteiger partial charge is 0.258 e. The second-order valence-electron chi connectivity index (χ2n) is 6.17. The van der Waals surface area contributed by atoms with Gasteiger partial charge in [0.2, 0.25) is 5.82 Å². The van der Waals surface area contributed by atoms with Gasteiger partial charge < -0.3 is 4.52 Å². The van der Waals surface area contributed by atoms with Gasteiger partial charge in [0.15, 0.2) is 0 Å². The lowest BCUT2D eigenvalue weighted by Crippen LogP contribution is -1.87. The average Bonchev–Trinajstić information content (AvgIpc) is 3.16. The Balaban J connectivity index is 1.68. The molecule has 128 valence electrons. The van der Waals surface area contributed by atoms with Crippen LogP contribution in [0.5, 0.6) is 0 Å². The number of aromatic nitrogens is 2. The number of hydrogen-bond acceptors (Lipinski definition) is 4. The summed E-state index contributed by atoms with van der Waals surface area (Å²) >= 11 is 0.